The number of carbonyl (C=O) groups excluding carboxylic acids is 1. The third-order valence-corrected chi connectivity index (χ3v) is 6.62. The molecule has 4 aromatic rings. The monoisotopic (exact) mass is 487 g/mol. The Hall–Kier alpha value is -4.32. The molecule has 11 heteroatoms. The number of hydrogen-bond acceptors (Lipinski definition) is 8. The van der Waals surface area contributed by atoms with Crippen molar-refractivity contribution in [1.29, 1.82) is 10.5 Å². The van der Waals surface area contributed by atoms with Gasteiger partial charge in [-0.2, -0.15) is 10.5 Å². The molecule has 0 atom stereocenters. The van der Waals surface area contributed by atoms with Gasteiger partial charge in [0.2, 0.25) is 5.91 Å². The minimum atomic E-state index is -0.312. The van der Waals surface area contributed by atoms with Gasteiger partial charge in [0.1, 0.15) is 34.4 Å². The summed E-state index contributed by atoms with van der Waals surface area (Å²) < 4.78 is 1.33. The number of anilines is 2. The standard InChI is InChI=1S/C23H17N7O2S2/c24-12-15-21(17-7-4-9-33-17)16(13-25)23(28-22(15)26)34-10-8-19(31)27-18-11-20(32)30(29-18)14-5-2-1-3-6-14/h1-7,9,11,29H,8,10H2,(H2,26,28)(H,27,31). The summed E-state index contributed by atoms with van der Waals surface area (Å²) in [5.74, 6) is 0.318. The average Bonchev–Trinajstić information content (AvgIpc) is 3.49. The van der Waals surface area contributed by atoms with Crippen LogP contribution in [-0.2, 0) is 4.79 Å². The Balaban J connectivity index is 1.46. The highest BCUT2D eigenvalue weighted by Crippen LogP contribution is 2.37. The number of nitrogens with one attached hydrogen (secondary N) is 2. The van der Waals surface area contributed by atoms with Crippen molar-refractivity contribution >= 4 is 40.6 Å². The van der Waals surface area contributed by atoms with Gasteiger partial charge in [-0.15, -0.1) is 23.1 Å². The SMILES string of the molecule is N#Cc1c(N)nc(SCCC(=O)Nc2cc(=O)n(-c3ccccc3)[nH]2)c(C#N)c1-c1cccs1. The summed E-state index contributed by atoms with van der Waals surface area (Å²) in [4.78, 5) is 29.6. The summed E-state index contributed by atoms with van der Waals surface area (Å²) in [5.41, 5.74) is 7.22. The van der Waals surface area contributed by atoms with Crippen LogP contribution in [0.4, 0.5) is 11.6 Å². The zero-order valence-electron chi connectivity index (χ0n) is 17.6. The summed E-state index contributed by atoms with van der Waals surface area (Å²) in [6.45, 7) is 0. The molecule has 0 fully saturated rings. The third-order valence-electron chi connectivity index (χ3n) is 4.76. The normalized spacial score (nSPS) is 10.4. The minimum absolute atomic E-state index is 0.0386. The zero-order valence-corrected chi connectivity index (χ0v) is 19.2. The molecule has 4 rings (SSSR count). The van der Waals surface area contributed by atoms with Gasteiger partial charge in [-0.3, -0.25) is 14.7 Å². The van der Waals surface area contributed by atoms with Gasteiger partial charge in [-0.25, -0.2) is 9.67 Å². The molecule has 0 saturated carbocycles. The molecule has 0 radical (unpaired) electrons. The average molecular weight is 488 g/mol. The first-order chi connectivity index (χ1) is 16.5. The van der Waals surface area contributed by atoms with Crippen molar-refractivity contribution in [2.24, 2.45) is 0 Å². The van der Waals surface area contributed by atoms with Crippen molar-refractivity contribution in [3.05, 3.63) is 75.4 Å². The van der Waals surface area contributed by atoms with Gasteiger partial charge in [0.05, 0.1) is 11.3 Å². The molecule has 0 aliphatic rings. The lowest BCUT2D eigenvalue weighted by molar-refractivity contribution is -0.115. The van der Waals surface area contributed by atoms with Gasteiger partial charge in [0.25, 0.3) is 5.56 Å². The topological polar surface area (TPSA) is 153 Å². The number of nitriles is 2. The number of aromatic nitrogens is 3. The predicted molar refractivity (Wildman–Crippen MR) is 132 cm³/mol. The van der Waals surface area contributed by atoms with Crippen LogP contribution in [0, 0.1) is 22.7 Å². The number of carbonyl (C=O) groups is 1. The Morgan fingerprint density at radius 1 is 1.18 bits per heavy atom. The first kappa shape index (κ1) is 22.9. The number of para-hydroxylation sites is 1. The smallest absolute Gasteiger partial charge is 0.273 e. The molecule has 1 aromatic carbocycles. The summed E-state index contributed by atoms with van der Waals surface area (Å²) in [5, 5.41) is 27.0. The summed E-state index contributed by atoms with van der Waals surface area (Å²) >= 11 is 2.60. The molecule has 1 amide bonds. The molecule has 3 heterocycles. The van der Waals surface area contributed by atoms with Crippen molar-refractivity contribution in [1.82, 2.24) is 14.8 Å². The lowest BCUT2D eigenvalue weighted by atomic mass is 10.0. The minimum Gasteiger partial charge on any atom is -0.383 e. The van der Waals surface area contributed by atoms with E-state index in [2.05, 4.69) is 21.5 Å². The number of hydrogen-bond donors (Lipinski definition) is 3. The molecular formula is C23H17N7O2S2. The van der Waals surface area contributed by atoms with E-state index in [0.29, 0.717) is 22.0 Å². The zero-order chi connectivity index (χ0) is 24.1. The van der Waals surface area contributed by atoms with Gasteiger partial charge in [0, 0.05) is 28.7 Å². The Bertz CT molecular complexity index is 1480. The number of thioether (sulfide) groups is 1. The van der Waals surface area contributed by atoms with Crippen LogP contribution in [0.25, 0.3) is 16.1 Å². The number of amides is 1. The van der Waals surface area contributed by atoms with Crippen LogP contribution in [0.5, 0.6) is 0 Å². The van der Waals surface area contributed by atoms with Crippen molar-refractivity contribution in [3.63, 3.8) is 0 Å². The summed E-state index contributed by atoms with van der Waals surface area (Å²) in [6, 6.07) is 18.1. The molecule has 0 spiro atoms. The van der Waals surface area contributed by atoms with Gasteiger partial charge >= 0.3 is 0 Å². The predicted octanol–water partition coefficient (Wildman–Crippen LogP) is 3.74. The van der Waals surface area contributed by atoms with Crippen LogP contribution in [0.2, 0.25) is 0 Å². The number of benzene rings is 1. The van der Waals surface area contributed by atoms with Gasteiger partial charge in [-0.05, 0) is 23.6 Å². The van der Waals surface area contributed by atoms with Crippen molar-refractivity contribution in [2.45, 2.75) is 11.4 Å². The van der Waals surface area contributed by atoms with Crippen LogP contribution >= 0.6 is 23.1 Å². The number of aromatic amines is 1. The molecular weight excluding hydrogens is 470 g/mol. The van der Waals surface area contributed by atoms with Gasteiger partial charge in [0.15, 0.2) is 0 Å². The van der Waals surface area contributed by atoms with Crippen molar-refractivity contribution in [2.75, 3.05) is 16.8 Å². The van der Waals surface area contributed by atoms with Crippen LogP contribution in [0.1, 0.15) is 17.5 Å². The number of nitrogens with zero attached hydrogens (tertiary/aromatic N) is 4. The van der Waals surface area contributed by atoms with Crippen molar-refractivity contribution in [3.8, 4) is 28.3 Å². The molecule has 0 unspecified atom stereocenters. The first-order valence-corrected chi connectivity index (χ1v) is 11.9. The van der Waals surface area contributed by atoms with E-state index >= 15 is 0 Å². The highest BCUT2D eigenvalue weighted by atomic mass is 32.2. The summed E-state index contributed by atoms with van der Waals surface area (Å²) in [7, 11) is 0. The first-order valence-electron chi connectivity index (χ1n) is 9.99. The molecule has 4 N–H and O–H groups in total. The van der Waals surface area contributed by atoms with Crippen molar-refractivity contribution < 1.29 is 4.79 Å². The number of nitrogen functional groups attached to an aromatic ring is 1. The largest absolute Gasteiger partial charge is 0.383 e. The lowest BCUT2D eigenvalue weighted by Crippen LogP contribution is -2.14. The maximum absolute atomic E-state index is 12.4. The quantitative estimate of drug-likeness (QED) is 0.336. The fraction of sp³-hybridized carbons (Fsp3) is 0.0870. The molecule has 0 aliphatic carbocycles. The van der Waals surface area contributed by atoms with E-state index in [1.165, 1.54) is 33.8 Å². The second kappa shape index (κ2) is 10.1. The van der Waals surface area contributed by atoms with Gasteiger partial charge in [-0.1, -0.05) is 24.3 Å². The molecule has 0 saturated heterocycles. The van der Waals surface area contributed by atoms with Crippen LogP contribution in [0.15, 0.2) is 63.7 Å². The van der Waals surface area contributed by atoms with E-state index in [1.807, 2.05) is 29.6 Å². The van der Waals surface area contributed by atoms with Crippen LogP contribution in [0.3, 0.4) is 0 Å². The highest BCUT2D eigenvalue weighted by Gasteiger charge is 2.21. The molecule has 168 valence electrons. The number of nitrogens with two attached hydrogens (primary N) is 1. The molecule has 34 heavy (non-hydrogen) atoms. The van der Waals surface area contributed by atoms with E-state index < -0.39 is 0 Å². The Morgan fingerprint density at radius 2 is 1.94 bits per heavy atom. The lowest BCUT2D eigenvalue weighted by Gasteiger charge is -2.11. The molecule has 9 nitrogen and oxygen atoms in total. The van der Waals surface area contributed by atoms with Gasteiger partial charge < -0.3 is 11.1 Å². The van der Waals surface area contributed by atoms with E-state index in [1.54, 1.807) is 24.3 Å². The second-order valence-electron chi connectivity index (χ2n) is 6.95. The van der Waals surface area contributed by atoms with Crippen LogP contribution in [-0.4, -0.2) is 26.4 Å². The highest BCUT2D eigenvalue weighted by molar-refractivity contribution is 7.99. The summed E-state index contributed by atoms with van der Waals surface area (Å²) in [6.07, 6.45) is 0.101. The van der Waals surface area contributed by atoms with E-state index in [-0.39, 0.29) is 40.6 Å². The number of pyridine rings is 1. The van der Waals surface area contributed by atoms with E-state index in [0.717, 1.165) is 4.88 Å². The fourth-order valence-corrected chi connectivity index (χ4v) is 4.97. The number of thiophene rings is 1. The molecule has 0 aliphatic heterocycles. The second-order valence-corrected chi connectivity index (χ2v) is 8.99. The number of rotatable bonds is 7. The van der Waals surface area contributed by atoms with Crippen LogP contribution < -0.4 is 16.6 Å². The Morgan fingerprint density at radius 3 is 2.62 bits per heavy atom. The number of H-pyrrole nitrogens is 1. The third kappa shape index (κ3) is 4.71. The fourth-order valence-electron chi connectivity index (χ4n) is 3.25. The maximum atomic E-state index is 12.4. The maximum Gasteiger partial charge on any atom is 0.273 e. The Labute approximate surface area is 202 Å². The van der Waals surface area contributed by atoms with E-state index in [9.17, 15) is 20.1 Å². The Kier molecular flexibility index (Phi) is 6.78. The molecule has 0 bridgehead atoms. The van der Waals surface area contributed by atoms with E-state index in [4.69, 9.17) is 5.73 Å². The molecule has 3 aromatic heterocycles.